The summed E-state index contributed by atoms with van der Waals surface area (Å²) in [5, 5.41) is 10.9. The fourth-order valence-corrected chi connectivity index (χ4v) is 3.28. The highest BCUT2D eigenvalue weighted by molar-refractivity contribution is 6.33. The standard InChI is InChI=1S/C22H10Cl2F6N2O2/c23-17-5-1-12(21(25,26)27)8-15(17)19-6-3-14(34-19)7-11(10-31)20(33)32-13-2-4-16(18(24)9-13)22(28,29)30/h1-9H,(H,32,33)/b11-7+. The van der Waals surface area contributed by atoms with Gasteiger partial charge in [0.2, 0.25) is 0 Å². The molecule has 0 aliphatic carbocycles. The number of benzene rings is 2. The largest absolute Gasteiger partial charge is 0.457 e. The number of rotatable bonds is 4. The van der Waals surface area contributed by atoms with Crippen LogP contribution in [-0.2, 0) is 17.1 Å². The van der Waals surface area contributed by atoms with E-state index < -0.39 is 40.0 Å². The molecule has 0 spiro atoms. The number of nitriles is 1. The van der Waals surface area contributed by atoms with Crippen LogP contribution in [0.2, 0.25) is 10.0 Å². The number of alkyl halides is 6. The molecule has 3 aromatic rings. The first-order valence-electron chi connectivity index (χ1n) is 9.06. The summed E-state index contributed by atoms with van der Waals surface area (Å²) in [6.07, 6.45) is -8.29. The second-order valence-electron chi connectivity index (χ2n) is 6.71. The molecule has 0 radical (unpaired) electrons. The van der Waals surface area contributed by atoms with Gasteiger partial charge >= 0.3 is 12.4 Å². The molecule has 0 aliphatic rings. The fourth-order valence-electron chi connectivity index (χ4n) is 2.78. The molecule has 1 heterocycles. The maximum Gasteiger partial charge on any atom is 0.417 e. The van der Waals surface area contributed by atoms with Crippen molar-refractivity contribution in [1.29, 1.82) is 5.26 Å². The van der Waals surface area contributed by atoms with Crippen molar-refractivity contribution in [1.82, 2.24) is 0 Å². The second kappa shape index (κ2) is 9.44. The lowest BCUT2D eigenvalue weighted by Gasteiger charge is -2.11. The smallest absolute Gasteiger partial charge is 0.417 e. The second-order valence-corrected chi connectivity index (χ2v) is 7.53. The van der Waals surface area contributed by atoms with E-state index in [9.17, 15) is 36.4 Å². The van der Waals surface area contributed by atoms with Gasteiger partial charge in [-0.3, -0.25) is 4.79 Å². The van der Waals surface area contributed by atoms with Crippen LogP contribution >= 0.6 is 23.2 Å². The summed E-state index contributed by atoms with van der Waals surface area (Å²) in [5.41, 5.74) is -2.70. The summed E-state index contributed by atoms with van der Waals surface area (Å²) in [4.78, 5) is 12.4. The third kappa shape index (κ3) is 5.73. The molecule has 34 heavy (non-hydrogen) atoms. The van der Waals surface area contributed by atoms with Gasteiger partial charge in [0.15, 0.2) is 0 Å². The Labute approximate surface area is 198 Å². The Morgan fingerprint density at radius 2 is 1.65 bits per heavy atom. The van der Waals surface area contributed by atoms with Gasteiger partial charge < -0.3 is 9.73 Å². The molecule has 1 amide bonds. The molecule has 3 rings (SSSR count). The van der Waals surface area contributed by atoms with Gasteiger partial charge in [0, 0.05) is 17.3 Å². The van der Waals surface area contributed by atoms with Crippen molar-refractivity contribution in [2.24, 2.45) is 0 Å². The van der Waals surface area contributed by atoms with Gasteiger partial charge in [0.25, 0.3) is 5.91 Å². The minimum absolute atomic E-state index is 0.0182. The van der Waals surface area contributed by atoms with Crippen molar-refractivity contribution >= 4 is 40.9 Å². The minimum Gasteiger partial charge on any atom is -0.457 e. The van der Waals surface area contributed by atoms with E-state index >= 15 is 0 Å². The number of hydrogen-bond acceptors (Lipinski definition) is 3. The first kappa shape index (κ1) is 25.2. The maximum absolute atomic E-state index is 13.0. The summed E-state index contributed by atoms with van der Waals surface area (Å²) in [6, 6.07) is 9.37. The number of carbonyl (C=O) groups is 1. The fraction of sp³-hybridized carbons (Fsp3) is 0.0909. The third-order valence-corrected chi connectivity index (χ3v) is 5.01. The number of hydrogen-bond donors (Lipinski definition) is 1. The van der Waals surface area contributed by atoms with Crippen LogP contribution in [0.5, 0.6) is 0 Å². The monoisotopic (exact) mass is 518 g/mol. The quantitative estimate of drug-likeness (QED) is 0.217. The third-order valence-electron chi connectivity index (χ3n) is 4.37. The molecule has 4 nitrogen and oxygen atoms in total. The van der Waals surface area contributed by atoms with Crippen LogP contribution in [0.25, 0.3) is 17.4 Å². The van der Waals surface area contributed by atoms with E-state index in [4.69, 9.17) is 27.6 Å². The van der Waals surface area contributed by atoms with Crippen molar-refractivity contribution in [3.05, 3.63) is 81.0 Å². The zero-order valence-electron chi connectivity index (χ0n) is 16.5. The number of anilines is 1. The summed E-state index contributed by atoms with van der Waals surface area (Å²) >= 11 is 11.6. The van der Waals surface area contributed by atoms with Gasteiger partial charge in [-0.1, -0.05) is 23.2 Å². The van der Waals surface area contributed by atoms with Gasteiger partial charge in [0.1, 0.15) is 23.2 Å². The van der Waals surface area contributed by atoms with Crippen LogP contribution in [0, 0.1) is 11.3 Å². The Morgan fingerprint density at radius 1 is 0.941 bits per heavy atom. The number of carbonyl (C=O) groups excluding carboxylic acids is 1. The van der Waals surface area contributed by atoms with Crippen molar-refractivity contribution in [3.8, 4) is 17.4 Å². The summed E-state index contributed by atoms with van der Waals surface area (Å²) in [7, 11) is 0. The summed E-state index contributed by atoms with van der Waals surface area (Å²) in [6.45, 7) is 0. The topological polar surface area (TPSA) is 66.0 Å². The molecule has 0 atom stereocenters. The average molecular weight is 519 g/mol. The van der Waals surface area contributed by atoms with Crippen molar-refractivity contribution in [2.45, 2.75) is 12.4 Å². The average Bonchev–Trinajstić information content (AvgIpc) is 3.18. The summed E-state index contributed by atoms with van der Waals surface area (Å²) in [5.74, 6) is -1.08. The Kier molecular flexibility index (Phi) is 7.00. The van der Waals surface area contributed by atoms with Gasteiger partial charge in [0.05, 0.1) is 21.2 Å². The van der Waals surface area contributed by atoms with Gasteiger partial charge in [-0.2, -0.15) is 31.6 Å². The van der Waals surface area contributed by atoms with E-state index in [1.165, 1.54) is 12.1 Å². The van der Waals surface area contributed by atoms with Crippen molar-refractivity contribution in [3.63, 3.8) is 0 Å². The number of nitrogens with zero attached hydrogens (tertiary/aromatic N) is 1. The highest BCUT2D eigenvalue weighted by Gasteiger charge is 2.33. The summed E-state index contributed by atoms with van der Waals surface area (Å²) < 4.78 is 82.8. The molecule has 0 saturated heterocycles. The molecular weight excluding hydrogens is 509 g/mol. The Morgan fingerprint density at radius 3 is 2.24 bits per heavy atom. The highest BCUT2D eigenvalue weighted by atomic mass is 35.5. The molecule has 0 aliphatic heterocycles. The normalized spacial score (nSPS) is 12.4. The zero-order valence-corrected chi connectivity index (χ0v) is 18.0. The first-order chi connectivity index (χ1) is 15.8. The van der Waals surface area contributed by atoms with Gasteiger partial charge in [-0.05, 0) is 48.5 Å². The number of halogens is 8. The lowest BCUT2D eigenvalue weighted by Crippen LogP contribution is -2.14. The van der Waals surface area contributed by atoms with Crippen molar-refractivity contribution < 1.29 is 35.6 Å². The minimum atomic E-state index is -4.68. The van der Waals surface area contributed by atoms with Crippen LogP contribution in [-0.4, -0.2) is 5.91 Å². The lowest BCUT2D eigenvalue weighted by atomic mass is 10.1. The van der Waals surface area contributed by atoms with Crippen LogP contribution in [0.15, 0.2) is 58.5 Å². The van der Waals surface area contributed by atoms with E-state index in [2.05, 4.69) is 5.32 Å². The van der Waals surface area contributed by atoms with Crippen LogP contribution < -0.4 is 5.32 Å². The van der Waals surface area contributed by atoms with Crippen molar-refractivity contribution in [2.75, 3.05) is 5.32 Å². The van der Waals surface area contributed by atoms with E-state index in [1.54, 1.807) is 6.07 Å². The molecule has 0 saturated carbocycles. The molecule has 1 N–H and O–H groups in total. The van der Waals surface area contributed by atoms with E-state index in [-0.39, 0.29) is 27.8 Å². The molecule has 0 bridgehead atoms. The Bertz CT molecular complexity index is 1320. The maximum atomic E-state index is 13.0. The molecule has 0 fully saturated rings. The van der Waals surface area contributed by atoms with E-state index in [0.29, 0.717) is 6.07 Å². The van der Waals surface area contributed by atoms with E-state index in [1.807, 2.05) is 0 Å². The molecule has 2 aromatic carbocycles. The Balaban J connectivity index is 1.84. The van der Waals surface area contributed by atoms with Crippen LogP contribution in [0.1, 0.15) is 16.9 Å². The zero-order chi connectivity index (χ0) is 25.3. The highest BCUT2D eigenvalue weighted by Crippen LogP contribution is 2.37. The molecule has 1 aromatic heterocycles. The number of amides is 1. The molecule has 176 valence electrons. The predicted octanol–water partition coefficient (Wildman–Crippen LogP) is 7.84. The van der Waals surface area contributed by atoms with Gasteiger partial charge in [-0.25, -0.2) is 0 Å². The SMILES string of the molecule is N#C/C(=C\c1ccc(-c2cc(C(F)(F)F)ccc2Cl)o1)C(=O)Nc1ccc(C(F)(F)F)c(Cl)c1. The van der Waals surface area contributed by atoms with Crippen LogP contribution in [0.3, 0.4) is 0 Å². The van der Waals surface area contributed by atoms with Gasteiger partial charge in [-0.15, -0.1) is 0 Å². The number of furan rings is 1. The molecule has 12 heteroatoms. The molecule has 0 unspecified atom stereocenters. The molecular formula is C22H10Cl2F6N2O2. The van der Waals surface area contributed by atoms with E-state index in [0.717, 1.165) is 36.4 Å². The first-order valence-corrected chi connectivity index (χ1v) is 9.82. The predicted molar refractivity (Wildman–Crippen MR) is 113 cm³/mol. The Hall–Kier alpha value is -3.42. The lowest BCUT2D eigenvalue weighted by molar-refractivity contribution is -0.138. The number of nitrogens with one attached hydrogen (secondary N) is 1. The van der Waals surface area contributed by atoms with Crippen LogP contribution in [0.4, 0.5) is 32.0 Å².